The van der Waals surface area contributed by atoms with Gasteiger partial charge in [-0.15, -0.1) is 0 Å². The second-order valence-electron chi connectivity index (χ2n) is 6.19. The van der Waals surface area contributed by atoms with E-state index in [4.69, 9.17) is 10.9 Å². The molecule has 0 bridgehead atoms. The van der Waals surface area contributed by atoms with Crippen molar-refractivity contribution in [2.24, 2.45) is 5.73 Å². The first-order valence-electron chi connectivity index (χ1n) is 8.58. The monoisotopic (exact) mass is 346 g/mol. The minimum atomic E-state index is -0.569. The predicted octanol–water partition coefficient (Wildman–Crippen LogP) is 3.41. The van der Waals surface area contributed by atoms with Gasteiger partial charge in [-0.2, -0.15) is 0 Å². The van der Waals surface area contributed by atoms with Crippen molar-refractivity contribution >= 4 is 5.91 Å². The largest absolute Gasteiger partial charge is 0.329 e. The molecule has 3 aromatic carbocycles. The molecule has 0 aliphatic carbocycles. The molecule has 0 saturated heterocycles. The van der Waals surface area contributed by atoms with Crippen molar-refractivity contribution in [2.45, 2.75) is 11.8 Å². The third kappa shape index (κ3) is 3.82. The van der Waals surface area contributed by atoms with Gasteiger partial charge in [-0.05, 0) is 22.3 Å². The highest BCUT2D eigenvalue weighted by molar-refractivity contribution is 5.82. The SMILES string of the molecule is NCC(C(=O)NO)c1ccc(C(c2ccccc2)c2ccccc2)cc1. The van der Waals surface area contributed by atoms with E-state index in [1.807, 2.05) is 60.7 Å². The number of hydrogen-bond donors (Lipinski definition) is 3. The van der Waals surface area contributed by atoms with E-state index in [9.17, 15) is 4.79 Å². The lowest BCUT2D eigenvalue weighted by Gasteiger charge is -2.20. The lowest BCUT2D eigenvalue weighted by Crippen LogP contribution is -2.31. The Hall–Kier alpha value is -2.95. The van der Waals surface area contributed by atoms with E-state index in [2.05, 4.69) is 24.3 Å². The second kappa shape index (κ2) is 8.43. The van der Waals surface area contributed by atoms with Gasteiger partial charge in [0, 0.05) is 12.5 Å². The summed E-state index contributed by atoms with van der Waals surface area (Å²) in [6.07, 6.45) is 0. The van der Waals surface area contributed by atoms with Crippen LogP contribution in [0.3, 0.4) is 0 Å². The fourth-order valence-corrected chi connectivity index (χ4v) is 3.26. The van der Waals surface area contributed by atoms with Crippen LogP contribution in [-0.4, -0.2) is 17.7 Å². The van der Waals surface area contributed by atoms with E-state index in [1.54, 1.807) is 5.48 Å². The van der Waals surface area contributed by atoms with Crippen LogP contribution in [0.4, 0.5) is 0 Å². The summed E-state index contributed by atoms with van der Waals surface area (Å²) < 4.78 is 0. The first kappa shape index (κ1) is 17.9. The zero-order chi connectivity index (χ0) is 18.4. The number of nitrogens with two attached hydrogens (primary N) is 1. The van der Waals surface area contributed by atoms with Crippen LogP contribution in [0, 0.1) is 0 Å². The third-order valence-electron chi connectivity index (χ3n) is 4.60. The molecule has 4 heteroatoms. The molecule has 1 atom stereocenters. The van der Waals surface area contributed by atoms with Crippen LogP contribution in [0.2, 0.25) is 0 Å². The molecule has 132 valence electrons. The van der Waals surface area contributed by atoms with Crippen LogP contribution >= 0.6 is 0 Å². The lowest BCUT2D eigenvalue weighted by molar-refractivity contribution is -0.130. The molecular weight excluding hydrogens is 324 g/mol. The first-order chi connectivity index (χ1) is 12.7. The molecule has 3 rings (SSSR count). The predicted molar refractivity (Wildman–Crippen MR) is 102 cm³/mol. The molecule has 0 radical (unpaired) electrons. The number of hydrogen-bond acceptors (Lipinski definition) is 3. The Balaban J connectivity index is 1.99. The molecule has 0 fully saturated rings. The van der Waals surface area contributed by atoms with Gasteiger partial charge < -0.3 is 5.73 Å². The minimum absolute atomic E-state index is 0.106. The van der Waals surface area contributed by atoms with Crippen LogP contribution in [0.1, 0.15) is 34.1 Å². The Morgan fingerprint density at radius 2 is 1.19 bits per heavy atom. The quantitative estimate of drug-likeness (QED) is 0.364. The zero-order valence-corrected chi connectivity index (χ0v) is 14.4. The summed E-state index contributed by atoms with van der Waals surface area (Å²) in [5.74, 6) is -0.960. The standard InChI is InChI=1S/C22H22N2O2/c23-15-20(22(25)24-26)16-11-13-19(14-12-16)21(17-7-3-1-4-8-17)18-9-5-2-6-10-18/h1-14,20-21,26H,15,23H2,(H,24,25). The number of carbonyl (C=O) groups is 1. The molecule has 0 spiro atoms. The van der Waals surface area contributed by atoms with Gasteiger partial charge in [0.15, 0.2) is 0 Å². The molecule has 0 aliphatic heterocycles. The summed E-state index contributed by atoms with van der Waals surface area (Å²) in [6.45, 7) is 0.131. The fourth-order valence-electron chi connectivity index (χ4n) is 3.26. The highest BCUT2D eigenvalue weighted by Crippen LogP contribution is 2.32. The van der Waals surface area contributed by atoms with Gasteiger partial charge in [-0.1, -0.05) is 84.9 Å². The topological polar surface area (TPSA) is 75.4 Å². The van der Waals surface area contributed by atoms with Gasteiger partial charge in [0.05, 0.1) is 5.92 Å². The van der Waals surface area contributed by atoms with Gasteiger partial charge in [-0.3, -0.25) is 10.0 Å². The Bertz CT molecular complexity index is 794. The van der Waals surface area contributed by atoms with Crippen molar-refractivity contribution in [3.63, 3.8) is 0 Å². The van der Waals surface area contributed by atoms with Crippen molar-refractivity contribution < 1.29 is 10.0 Å². The number of nitrogens with one attached hydrogen (secondary N) is 1. The molecule has 0 saturated carbocycles. The Morgan fingerprint density at radius 1 is 0.769 bits per heavy atom. The highest BCUT2D eigenvalue weighted by atomic mass is 16.5. The number of hydroxylamine groups is 1. The van der Waals surface area contributed by atoms with E-state index >= 15 is 0 Å². The maximum Gasteiger partial charge on any atom is 0.252 e. The summed E-state index contributed by atoms with van der Waals surface area (Å²) in [5.41, 5.74) is 11.7. The van der Waals surface area contributed by atoms with Crippen molar-refractivity contribution in [3.8, 4) is 0 Å². The Labute approximate surface area is 153 Å². The van der Waals surface area contributed by atoms with Crippen molar-refractivity contribution in [2.75, 3.05) is 6.54 Å². The zero-order valence-electron chi connectivity index (χ0n) is 14.4. The molecule has 0 aliphatic rings. The minimum Gasteiger partial charge on any atom is -0.329 e. The highest BCUT2D eigenvalue weighted by Gasteiger charge is 2.20. The third-order valence-corrected chi connectivity index (χ3v) is 4.60. The Kier molecular flexibility index (Phi) is 5.79. The summed E-state index contributed by atoms with van der Waals surface area (Å²) in [4.78, 5) is 11.8. The lowest BCUT2D eigenvalue weighted by atomic mass is 9.84. The summed E-state index contributed by atoms with van der Waals surface area (Å²) in [7, 11) is 0. The maximum atomic E-state index is 11.8. The molecule has 0 aromatic heterocycles. The van der Waals surface area contributed by atoms with Crippen LogP contribution in [0.25, 0.3) is 0 Å². The van der Waals surface area contributed by atoms with Crippen molar-refractivity contribution in [1.29, 1.82) is 0 Å². The molecule has 1 unspecified atom stereocenters. The Morgan fingerprint density at radius 3 is 1.62 bits per heavy atom. The fraction of sp³-hybridized carbons (Fsp3) is 0.136. The van der Waals surface area contributed by atoms with Gasteiger partial charge >= 0.3 is 0 Å². The van der Waals surface area contributed by atoms with Crippen LogP contribution < -0.4 is 11.2 Å². The average Bonchev–Trinajstić information content (AvgIpc) is 2.71. The van der Waals surface area contributed by atoms with Crippen molar-refractivity contribution in [3.05, 3.63) is 107 Å². The molecular formula is C22H22N2O2. The van der Waals surface area contributed by atoms with Gasteiger partial charge in [-0.25, -0.2) is 5.48 Å². The smallest absolute Gasteiger partial charge is 0.252 e. The number of rotatable bonds is 6. The van der Waals surface area contributed by atoms with Crippen molar-refractivity contribution in [1.82, 2.24) is 5.48 Å². The normalized spacial score (nSPS) is 12.0. The number of carbonyl (C=O) groups excluding carboxylic acids is 1. The number of benzene rings is 3. The molecule has 3 aromatic rings. The number of amides is 1. The first-order valence-corrected chi connectivity index (χ1v) is 8.58. The maximum absolute atomic E-state index is 11.8. The van der Waals surface area contributed by atoms with E-state index < -0.39 is 11.8 Å². The second-order valence-corrected chi connectivity index (χ2v) is 6.19. The summed E-state index contributed by atoms with van der Waals surface area (Å²) in [5, 5.41) is 8.88. The van der Waals surface area contributed by atoms with Gasteiger partial charge in [0.25, 0.3) is 5.91 Å². The van der Waals surface area contributed by atoms with Gasteiger partial charge in [0.2, 0.25) is 0 Å². The molecule has 26 heavy (non-hydrogen) atoms. The van der Waals surface area contributed by atoms with Crippen LogP contribution in [0.15, 0.2) is 84.9 Å². The van der Waals surface area contributed by atoms with Gasteiger partial charge in [0.1, 0.15) is 0 Å². The molecule has 4 nitrogen and oxygen atoms in total. The van der Waals surface area contributed by atoms with E-state index in [0.717, 1.165) is 11.1 Å². The molecule has 0 heterocycles. The summed E-state index contributed by atoms with van der Waals surface area (Å²) in [6, 6.07) is 28.5. The molecule has 1 amide bonds. The van der Waals surface area contributed by atoms with Crippen LogP contribution in [-0.2, 0) is 4.79 Å². The van der Waals surface area contributed by atoms with E-state index in [-0.39, 0.29) is 12.5 Å². The van der Waals surface area contributed by atoms with Crippen LogP contribution in [0.5, 0.6) is 0 Å². The average molecular weight is 346 g/mol. The summed E-state index contributed by atoms with van der Waals surface area (Å²) >= 11 is 0. The van der Waals surface area contributed by atoms with E-state index in [1.165, 1.54) is 11.1 Å². The van der Waals surface area contributed by atoms with E-state index in [0.29, 0.717) is 0 Å². The molecule has 4 N–H and O–H groups in total.